The summed E-state index contributed by atoms with van der Waals surface area (Å²) in [6, 6.07) is 16.9. The second-order valence-corrected chi connectivity index (χ2v) is 7.03. The van der Waals surface area contributed by atoms with Crippen molar-refractivity contribution in [2.24, 2.45) is 0 Å². The first-order valence-corrected chi connectivity index (χ1v) is 7.55. The van der Waals surface area contributed by atoms with Crippen molar-refractivity contribution < 1.29 is 4.74 Å². The third-order valence-corrected chi connectivity index (χ3v) is 3.91. The van der Waals surface area contributed by atoms with Crippen LogP contribution in [0.3, 0.4) is 0 Å². The van der Waals surface area contributed by atoms with E-state index in [-0.39, 0.29) is 0 Å². The molecule has 0 aliphatic rings. The first-order chi connectivity index (χ1) is 9.93. The molecule has 0 saturated heterocycles. The number of nitrogens with zero attached hydrogens (tertiary/aromatic N) is 1. The second-order valence-electron chi connectivity index (χ2n) is 4.66. The van der Waals surface area contributed by atoms with E-state index < -0.39 is 9.83 Å². The quantitative estimate of drug-likeness (QED) is 0.703. The van der Waals surface area contributed by atoms with Crippen LogP contribution in [0.25, 0.3) is 0 Å². The lowest BCUT2D eigenvalue weighted by atomic mass is 10.1. The lowest BCUT2D eigenvalue weighted by Crippen LogP contribution is -2.34. The fourth-order valence-electron chi connectivity index (χ4n) is 2.23. The molecule has 0 spiro atoms. The number of alkyl halides is 3. The summed E-state index contributed by atoms with van der Waals surface area (Å²) in [5.74, 6) is 0.768. The largest absolute Gasteiger partial charge is 0.497 e. The monoisotopic (exact) mass is 343 g/mol. The smallest absolute Gasteiger partial charge is 0.214 e. The molecule has 0 saturated carbocycles. The maximum Gasteiger partial charge on any atom is 0.214 e. The van der Waals surface area contributed by atoms with Crippen LogP contribution in [-0.4, -0.2) is 18.0 Å². The molecule has 0 bridgehead atoms. The maximum absolute atomic E-state index is 6.21. The summed E-state index contributed by atoms with van der Waals surface area (Å²) < 4.78 is 3.71. The Balaban J connectivity index is 2.39. The number of hydrogen-bond acceptors (Lipinski definition) is 2. The minimum Gasteiger partial charge on any atom is -0.497 e. The third kappa shape index (κ3) is 3.97. The molecule has 0 N–H and O–H groups in total. The SMILES string of the molecule is COc1ccc(C(N(C)c2ccccc2)C(Cl)(Cl)Cl)cc1. The second kappa shape index (κ2) is 6.78. The Morgan fingerprint density at radius 1 is 0.952 bits per heavy atom. The molecule has 1 atom stereocenters. The van der Waals surface area contributed by atoms with E-state index in [0.717, 1.165) is 17.0 Å². The molecule has 2 aromatic rings. The zero-order chi connectivity index (χ0) is 15.5. The number of halogens is 3. The van der Waals surface area contributed by atoms with Crippen LogP contribution in [0.2, 0.25) is 0 Å². The Labute approximate surface area is 140 Å². The van der Waals surface area contributed by atoms with E-state index in [1.54, 1.807) is 7.11 Å². The summed E-state index contributed by atoms with van der Waals surface area (Å²) in [6.07, 6.45) is 0. The van der Waals surface area contributed by atoms with Crippen LogP contribution in [0.15, 0.2) is 54.6 Å². The molecular weight excluding hydrogens is 329 g/mol. The molecular formula is C16H16Cl3NO. The van der Waals surface area contributed by atoms with Crippen LogP contribution in [0.1, 0.15) is 11.6 Å². The Kier molecular flexibility index (Phi) is 5.26. The Hall–Kier alpha value is -1.09. The van der Waals surface area contributed by atoms with Crippen LogP contribution in [0.5, 0.6) is 5.75 Å². The summed E-state index contributed by atoms with van der Waals surface area (Å²) in [6.45, 7) is 0. The molecule has 5 heteroatoms. The van der Waals surface area contributed by atoms with Gasteiger partial charge in [0.2, 0.25) is 3.79 Å². The molecule has 0 aliphatic heterocycles. The highest BCUT2D eigenvalue weighted by Gasteiger charge is 2.37. The average molecular weight is 345 g/mol. The first-order valence-electron chi connectivity index (χ1n) is 6.42. The Morgan fingerprint density at radius 3 is 2.00 bits per heavy atom. The van der Waals surface area contributed by atoms with Gasteiger partial charge in [0.05, 0.1) is 7.11 Å². The van der Waals surface area contributed by atoms with Crippen LogP contribution >= 0.6 is 34.8 Å². The molecule has 0 amide bonds. The van der Waals surface area contributed by atoms with Crippen molar-refractivity contribution in [1.29, 1.82) is 0 Å². The summed E-state index contributed by atoms with van der Waals surface area (Å²) in [5, 5.41) is 0. The number of hydrogen-bond donors (Lipinski definition) is 0. The van der Waals surface area contributed by atoms with Gasteiger partial charge in [0.15, 0.2) is 0 Å². The first kappa shape index (κ1) is 16.3. The van der Waals surface area contributed by atoms with Crippen LogP contribution in [-0.2, 0) is 0 Å². The predicted octanol–water partition coefficient (Wildman–Crippen LogP) is 5.24. The molecule has 2 aromatic carbocycles. The van der Waals surface area contributed by atoms with E-state index in [0.29, 0.717) is 0 Å². The summed E-state index contributed by atoms with van der Waals surface area (Å²) in [5.41, 5.74) is 1.88. The molecule has 1 unspecified atom stereocenters. The molecule has 0 aromatic heterocycles. The third-order valence-electron chi connectivity index (χ3n) is 3.29. The van der Waals surface area contributed by atoms with E-state index in [2.05, 4.69) is 0 Å². The highest BCUT2D eigenvalue weighted by molar-refractivity contribution is 6.68. The van der Waals surface area contributed by atoms with Crippen molar-refractivity contribution in [2.75, 3.05) is 19.1 Å². The van der Waals surface area contributed by atoms with Gasteiger partial charge in [-0.25, -0.2) is 0 Å². The van der Waals surface area contributed by atoms with Gasteiger partial charge in [0.1, 0.15) is 11.8 Å². The van der Waals surface area contributed by atoms with Crippen molar-refractivity contribution in [3.8, 4) is 5.75 Å². The van der Waals surface area contributed by atoms with Gasteiger partial charge in [-0.3, -0.25) is 0 Å². The van der Waals surface area contributed by atoms with Gasteiger partial charge < -0.3 is 9.64 Å². The maximum atomic E-state index is 6.21. The minimum absolute atomic E-state index is 0.407. The fraction of sp³-hybridized carbons (Fsp3) is 0.250. The molecule has 0 fully saturated rings. The standard InChI is InChI=1S/C16H16Cl3NO/c1-20(13-6-4-3-5-7-13)15(16(17,18)19)12-8-10-14(21-2)11-9-12/h3-11,15H,1-2H3. The summed E-state index contributed by atoms with van der Waals surface area (Å²) in [4.78, 5) is 1.95. The van der Waals surface area contributed by atoms with Crippen molar-refractivity contribution in [2.45, 2.75) is 9.83 Å². The molecule has 0 radical (unpaired) electrons. The number of rotatable bonds is 4. The molecule has 2 nitrogen and oxygen atoms in total. The average Bonchev–Trinajstić information content (AvgIpc) is 2.47. The number of para-hydroxylation sites is 1. The van der Waals surface area contributed by atoms with Crippen LogP contribution in [0, 0.1) is 0 Å². The van der Waals surface area contributed by atoms with E-state index in [1.807, 2.05) is 66.5 Å². The molecule has 112 valence electrons. The van der Waals surface area contributed by atoms with E-state index in [9.17, 15) is 0 Å². The number of methoxy groups -OCH3 is 1. The van der Waals surface area contributed by atoms with Gasteiger partial charge in [-0.15, -0.1) is 0 Å². The molecule has 0 aliphatic carbocycles. The Morgan fingerprint density at radius 2 is 1.52 bits per heavy atom. The van der Waals surface area contributed by atoms with Crippen molar-refractivity contribution in [3.05, 3.63) is 60.2 Å². The number of anilines is 1. The van der Waals surface area contributed by atoms with E-state index >= 15 is 0 Å². The zero-order valence-electron chi connectivity index (χ0n) is 11.8. The van der Waals surface area contributed by atoms with Gasteiger partial charge in [-0.2, -0.15) is 0 Å². The lowest BCUT2D eigenvalue weighted by Gasteiger charge is -2.35. The summed E-state index contributed by atoms with van der Waals surface area (Å²) >= 11 is 18.6. The number of benzene rings is 2. The van der Waals surface area contributed by atoms with E-state index in [1.165, 1.54) is 0 Å². The van der Waals surface area contributed by atoms with Gasteiger partial charge in [-0.1, -0.05) is 65.1 Å². The van der Waals surface area contributed by atoms with Crippen molar-refractivity contribution >= 4 is 40.5 Å². The molecule has 21 heavy (non-hydrogen) atoms. The van der Waals surface area contributed by atoms with Crippen molar-refractivity contribution in [3.63, 3.8) is 0 Å². The van der Waals surface area contributed by atoms with Crippen LogP contribution in [0.4, 0.5) is 5.69 Å². The minimum atomic E-state index is -1.46. The van der Waals surface area contributed by atoms with Gasteiger partial charge in [0.25, 0.3) is 0 Å². The predicted molar refractivity (Wildman–Crippen MR) is 90.9 cm³/mol. The molecule has 2 rings (SSSR count). The Bertz CT molecular complexity index is 566. The van der Waals surface area contributed by atoms with Gasteiger partial charge >= 0.3 is 0 Å². The zero-order valence-corrected chi connectivity index (χ0v) is 14.0. The van der Waals surface area contributed by atoms with Crippen molar-refractivity contribution in [1.82, 2.24) is 0 Å². The topological polar surface area (TPSA) is 12.5 Å². The lowest BCUT2D eigenvalue weighted by molar-refractivity contribution is 0.414. The highest BCUT2D eigenvalue weighted by Crippen LogP contribution is 2.44. The highest BCUT2D eigenvalue weighted by atomic mass is 35.6. The summed E-state index contributed by atoms with van der Waals surface area (Å²) in [7, 11) is 3.53. The normalized spacial score (nSPS) is 12.8. The molecule has 0 heterocycles. The fourth-order valence-corrected chi connectivity index (χ4v) is 3.05. The van der Waals surface area contributed by atoms with Crippen LogP contribution < -0.4 is 9.64 Å². The number of ether oxygens (including phenoxy) is 1. The van der Waals surface area contributed by atoms with Gasteiger partial charge in [0, 0.05) is 12.7 Å². The van der Waals surface area contributed by atoms with E-state index in [4.69, 9.17) is 39.5 Å². The van der Waals surface area contributed by atoms with Gasteiger partial charge in [-0.05, 0) is 29.8 Å².